The van der Waals surface area contributed by atoms with Gasteiger partial charge in [0.2, 0.25) is 11.9 Å². The Morgan fingerprint density at radius 2 is 1.77 bits per heavy atom. The Hall–Kier alpha value is -3.78. The van der Waals surface area contributed by atoms with Gasteiger partial charge in [-0.15, -0.1) is 0 Å². The minimum Gasteiger partial charge on any atom is -0.388 e. The van der Waals surface area contributed by atoms with Gasteiger partial charge in [0.15, 0.2) is 0 Å². The number of aliphatic hydroxyl groups is 1. The van der Waals surface area contributed by atoms with Crippen LogP contribution in [0.5, 0.6) is 0 Å². The van der Waals surface area contributed by atoms with Gasteiger partial charge in [-0.3, -0.25) is 9.59 Å². The Kier molecular flexibility index (Phi) is 8.19. The molecule has 35 heavy (non-hydrogen) atoms. The van der Waals surface area contributed by atoms with Crippen LogP contribution in [0.1, 0.15) is 49.2 Å². The monoisotopic (exact) mass is 475 g/mol. The Balaban J connectivity index is 1.67. The van der Waals surface area contributed by atoms with E-state index < -0.39 is 11.5 Å². The molecule has 8 heteroatoms. The summed E-state index contributed by atoms with van der Waals surface area (Å²) >= 11 is 0. The van der Waals surface area contributed by atoms with E-state index in [-0.39, 0.29) is 18.4 Å². The van der Waals surface area contributed by atoms with Gasteiger partial charge in [0.05, 0.1) is 17.4 Å². The molecule has 0 fully saturated rings. The second-order valence-corrected chi connectivity index (χ2v) is 9.58. The molecular weight excluding hydrogens is 442 g/mol. The maximum atomic E-state index is 13.0. The highest BCUT2D eigenvalue weighted by molar-refractivity contribution is 5.99. The summed E-state index contributed by atoms with van der Waals surface area (Å²) in [5.74, 6) is 0.0925. The van der Waals surface area contributed by atoms with E-state index in [0.29, 0.717) is 34.9 Å². The molecule has 8 nitrogen and oxygen atoms in total. The van der Waals surface area contributed by atoms with Crippen molar-refractivity contribution >= 4 is 23.5 Å². The molecule has 0 aliphatic rings. The number of amides is 2. The number of hydrogen-bond donors (Lipinski definition) is 3. The van der Waals surface area contributed by atoms with Gasteiger partial charge < -0.3 is 20.6 Å². The zero-order valence-corrected chi connectivity index (χ0v) is 20.9. The van der Waals surface area contributed by atoms with E-state index in [9.17, 15) is 14.7 Å². The Bertz CT molecular complexity index is 1170. The minimum absolute atomic E-state index is 0.104. The molecule has 2 amide bonds. The van der Waals surface area contributed by atoms with Crippen molar-refractivity contribution in [1.82, 2.24) is 15.3 Å². The zero-order chi connectivity index (χ0) is 25.6. The molecule has 0 spiro atoms. The highest BCUT2D eigenvalue weighted by Crippen LogP contribution is 2.24. The van der Waals surface area contributed by atoms with Crippen molar-refractivity contribution in [3.05, 3.63) is 71.9 Å². The fraction of sp³-hybridized carbons (Fsp3) is 0.333. The maximum Gasteiger partial charge on any atom is 0.255 e. The van der Waals surface area contributed by atoms with Gasteiger partial charge in [0.25, 0.3) is 5.91 Å². The van der Waals surface area contributed by atoms with Gasteiger partial charge in [-0.1, -0.05) is 63.2 Å². The Morgan fingerprint density at radius 3 is 2.43 bits per heavy atom. The van der Waals surface area contributed by atoms with E-state index in [1.54, 1.807) is 29.2 Å². The van der Waals surface area contributed by atoms with Gasteiger partial charge in [0, 0.05) is 43.5 Å². The van der Waals surface area contributed by atoms with Crippen molar-refractivity contribution in [2.45, 2.75) is 33.3 Å². The van der Waals surface area contributed by atoms with Gasteiger partial charge in [-0.05, 0) is 24.1 Å². The lowest BCUT2D eigenvalue weighted by Gasteiger charge is -2.19. The number of carbonyl (C=O) groups is 2. The average Bonchev–Trinajstić information content (AvgIpc) is 2.83. The number of anilines is 2. The van der Waals surface area contributed by atoms with E-state index in [4.69, 9.17) is 0 Å². The third kappa shape index (κ3) is 6.86. The number of carbonyl (C=O) groups excluding carboxylic acids is 2. The highest BCUT2D eigenvalue weighted by atomic mass is 16.3. The molecular formula is C27H33N5O3. The van der Waals surface area contributed by atoms with Crippen LogP contribution in [-0.2, 0) is 4.79 Å². The van der Waals surface area contributed by atoms with E-state index in [0.717, 1.165) is 5.56 Å². The zero-order valence-electron chi connectivity index (χ0n) is 20.9. The number of aromatic nitrogens is 2. The number of rotatable bonds is 8. The third-order valence-electron chi connectivity index (χ3n) is 5.38. The molecule has 1 aromatic heterocycles. The van der Waals surface area contributed by atoms with Crippen LogP contribution in [-0.4, -0.2) is 47.5 Å². The van der Waals surface area contributed by atoms with Crippen LogP contribution in [0.15, 0.2) is 60.8 Å². The first-order valence-electron chi connectivity index (χ1n) is 11.5. The molecule has 3 rings (SSSR count). The molecule has 2 aromatic carbocycles. The molecule has 0 saturated heterocycles. The molecule has 3 aromatic rings. The molecule has 1 atom stereocenters. The lowest BCUT2D eigenvalue weighted by Crippen LogP contribution is -2.28. The maximum absolute atomic E-state index is 13.0. The summed E-state index contributed by atoms with van der Waals surface area (Å²) in [6, 6.07) is 16.6. The smallest absolute Gasteiger partial charge is 0.255 e. The predicted molar refractivity (Wildman–Crippen MR) is 138 cm³/mol. The van der Waals surface area contributed by atoms with Crippen molar-refractivity contribution in [1.29, 1.82) is 0 Å². The summed E-state index contributed by atoms with van der Waals surface area (Å²) in [4.78, 5) is 35.9. The molecule has 0 aliphatic heterocycles. The first kappa shape index (κ1) is 25.8. The molecule has 3 N–H and O–H groups in total. The lowest BCUT2D eigenvalue weighted by atomic mass is 9.95. The quantitative estimate of drug-likeness (QED) is 0.454. The predicted octanol–water partition coefficient (Wildman–Crippen LogP) is 4.05. The van der Waals surface area contributed by atoms with Crippen LogP contribution in [0.3, 0.4) is 0 Å². The first-order chi connectivity index (χ1) is 16.6. The topological polar surface area (TPSA) is 107 Å². The average molecular weight is 476 g/mol. The van der Waals surface area contributed by atoms with E-state index in [2.05, 4.69) is 20.6 Å². The molecule has 1 heterocycles. The molecule has 0 aliphatic carbocycles. The Morgan fingerprint density at radius 1 is 1.06 bits per heavy atom. The number of nitrogens with zero attached hydrogens (tertiary/aromatic N) is 3. The van der Waals surface area contributed by atoms with Crippen LogP contribution in [0.25, 0.3) is 11.3 Å². The van der Waals surface area contributed by atoms with Crippen LogP contribution in [0, 0.1) is 5.41 Å². The third-order valence-corrected chi connectivity index (χ3v) is 5.38. The summed E-state index contributed by atoms with van der Waals surface area (Å²) in [6.07, 6.45) is 1.03. The summed E-state index contributed by atoms with van der Waals surface area (Å²) in [6.45, 7) is 5.77. The molecule has 0 bridgehead atoms. The van der Waals surface area contributed by atoms with Gasteiger partial charge in [-0.25, -0.2) is 9.97 Å². The van der Waals surface area contributed by atoms with Crippen molar-refractivity contribution in [2.75, 3.05) is 30.9 Å². The fourth-order valence-corrected chi connectivity index (χ4v) is 3.30. The largest absolute Gasteiger partial charge is 0.388 e. The lowest BCUT2D eigenvalue weighted by molar-refractivity contribution is -0.123. The minimum atomic E-state index is -0.803. The Labute approximate surface area is 206 Å². The summed E-state index contributed by atoms with van der Waals surface area (Å²) in [5.41, 5.74) is 2.49. The summed E-state index contributed by atoms with van der Waals surface area (Å²) < 4.78 is 0. The summed E-state index contributed by atoms with van der Waals surface area (Å²) in [5, 5.41) is 16.4. The number of benzene rings is 2. The molecule has 184 valence electrons. The molecule has 1 unspecified atom stereocenters. The van der Waals surface area contributed by atoms with Crippen molar-refractivity contribution < 1.29 is 14.7 Å². The van der Waals surface area contributed by atoms with E-state index in [1.165, 1.54) is 6.20 Å². The fourth-order valence-electron chi connectivity index (χ4n) is 3.30. The van der Waals surface area contributed by atoms with Gasteiger partial charge in [-0.2, -0.15) is 0 Å². The number of nitrogens with one attached hydrogen (secondary N) is 2. The highest BCUT2D eigenvalue weighted by Gasteiger charge is 2.22. The number of aliphatic hydroxyl groups excluding tert-OH is 1. The normalized spacial score (nSPS) is 12.1. The van der Waals surface area contributed by atoms with Gasteiger partial charge >= 0.3 is 0 Å². The van der Waals surface area contributed by atoms with E-state index in [1.807, 2.05) is 65.2 Å². The SMILES string of the molecule is CN(C)c1ncc(C(=O)NCCC(O)c2cccc(NC(=O)C(C)(C)C)c2)c(-c2ccccc2)n1. The van der Waals surface area contributed by atoms with Crippen LogP contribution in [0.2, 0.25) is 0 Å². The number of hydrogen-bond acceptors (Lipinski definition) is 6. The standard InChI is InChI=1S/C27H33N5O3/c1-27(2,3)25(35)30-20-13-9-12-19(16-20)22(33)14-15-28-24(34)21-17-29-26(32(4)5)31-23(21)18-10-7-6-8-11-18/h6-13,16-17,22,33H,14-15H2,1-5H3,(H,28,34)(H,30,35). The molecule has 0 radical (unpaired) electrons. The van der Waals surface area contributed by atoms with Crippen molar-refractivity contribution in [3.63, 3.8) is 0 Å². The first-order valence-corrected chi connectivity index (χ1v) is 11.5. The van der Waals surface area contributed by atoms with Crippen molar-refractivity contribution in [3.8, 4) is 11.3 Å². The summed E-state index contributed by atoms with van der Waals surface area (Å²) in [7, 11) is 3.68. The van der Waals surface area contributed by atoms with Crippen molar-refractivity contribution in [2.24, 2.45) is 5.41 Å². The van der Waals surface area contributed by atoms with E-state index >= 15 is 0 Å². The second-order valence-electron chi connectivity index (χ2n) is 9.58. The van der Waals surface area contributed by atoms with Gasteiger partial charge in [0.1, 0.15) is 0 Å². The van der Waals surface area contributed by atoms with Crippen LogP contribution in [0.4, 0.5) is 11.6 Å². The second kappa shape index (κ2) is 11.1. The van der Waals surface area contributed by atoms with Crippen LogP contribution < -0.4 is 15.5 Å². The van der Waals surface area contributed by atoms with Crippen LogP contribution >= 0.6 is 0 Å². The molecule has 0 saturated carbocycles.